The van der Waals surface area contributed by atoms with Gasteiger partial charge in [-0.15, -0.1) is 0 Å². The maximum atomic E-state index is 13.6. The molecule has 0 spiro atoms. The molecule has 10 heteroatoms. The van der Waals surface area contributed by atoms with E-state index in [4.69, 9.17) is 9.26 Å². The molecule has 10 nitrogen and oxygen atoms in total. The normalized spacial score (nSPS) is 18.2. The zero-order valence-corrected chi connectivity index (χ0v) is 22.9. The van der Waals surface area contributed by atoms with Crippen LogP contribution in [0, 0.1) is 19.8 Å². The van der Waals surface area contributed by atoms with Gasteiger partial charge < -0.3 is 29.5 Å². The van der Waals surface area contributed by atoms with Crippen LogP contribution in [0.1, 0.15) is 46.8 Å². The van der Waals surface area contributed by atoms with E-state index < -0.39 is 12.1 Å². The molecular formula is C29H35N5O5. The van der Waals surface area contributed by atoms with Gasteiger partial charge in [-0.05, 0) is 38.0 Å². The number of nitrogens with zero attached hydrogens (tertiary/aromatic N) is 4. The van der Waals surface area contributed by atoms with Crippen molar-refractivity contribution in [2.24, 2.45) is 5.92 Å². The molecular weight excluding hydrogens is 498 g/mol. The van der Waals surface area contributed by atoms with Gasteiger partial charge in [0.05, 0.1) is 19.2 Å². The summed E-state index contributed by atoms with van der Waals surface area (Å²) in [5.74, 6) is 0.295. The lowest BCUT2D eigenvalue weighted by Gasteiger charge is -2.37. The predicted molar refractivity (Wildman–Crippen MR) is 148 cm³/mol. The third kappa shape index (κ3) is 6.46. The number of carbonyl (C=O) groups excluding carboxylic acids is 2. The predicted octanol–water partition coefficient (Wildman–Crippen LogP) is 4.24. The van der Waals surface area contributed by atoms with E-state index in [0.29, 0.717) is 29.2 Å². The average Bonchev–Trinajstić information content (AvgIpc) is 3.25. The number of nitrogens with one attached hydrogen (secondary N) is 1. The van der Waals surface area contributed by atoms with Crippen molar-refractivity contribution in [1.82, 2.24) is 19.9 Å². The van der Waals surface area contributed by atoms with Crippen LogP contribution in [0.2, 0.25) is 0 Å². The zero-order chi connectivity index (χ0) is 28.1. The highest BCUT2D eigenvalue weighted by molar-refractivity contribution is 5.97. The van der Waals surface area contributed by atoms with Crippen molar-refractivity contribution < 1.29 is 24.0 Å². The number of amides is 3. The molecule has 3 atom stereocenters. The Hall–Kier alpha value is -4.18. The maximum Gasteiger partial charge on any atom is 0.321 e. The molecule has 0 saturated carbocycles. The first-order valence-corrected chi connectivity index (χ1v) is 12.9. The third-order valence-electron chi connectivity index (χ3n) is 6.88. The summed E-state index contributed by atoms with van der Waals surface area (Å²) in [7, 11) is 1.67. The van der Waals surface area contributed by atoms with Crippen molar-refractivity contribution in [2.45, 2.75) is 39.8 Å². The summed E-state index contributed by atoms with van der Waals surface area (Å²) in [6.07, 6.45) is 5.02. The summed E-state index contributed by atoms with van der Waals surface area (Å²) < 4.78 is 11.4. The third-order valence-corrected chi connectivity index (χ3v) is 6.88. The summed E-state index contributed by atoms with van der Waals surface area (Å²) in [6.45, 7) is 7.65. The molecule has 2 N–H and O–H groups in total. The van der Waals surface area contributed by atoms with Crippen molar-refractivity contribution in [3.63, 3.8) is 0 Å². The topological polar surface area (TPSA) is 121 Å². The van der Waals surface area contributed by atoms with E-state index in [1.54, 1.807) is 45.0 Å². The Morgan fingerprint density at radius 3 is 2.64 bits per heavy atom. The molecule has 1 aliphatic rings. The number of aliphatic hydroxyl groups excluding tert-OH is 1. The Morgan fingerprint density at radius 2 is 1.97 bits per heavy atom. The Morgan fingerprint density at radius 1 is 1.26 bits per heavy atom. The van der Waals surface area contributed by atoms with Gasteiger partial charge in [0.1, 0.15) is 23.0 Å². The van der Waals surface area contributed by atoms with E-state index >= 15 is 0 Å². The van der Waals surface area contributed by atoms with E-state index in [9.17, 15) is 14.7 Å². The van der Waals surface area contributed by atoms with Gasteiger partial charge in [0, 0.05) is 25.7 Å². The van der Waals surface area contributed by atoms with E-state index in [1.807, 2.05) is 49.4 Å². The Kier molecular flexibility index (Phi) is 8.65. The summed E-state index contributed by atoms with van der Waals surface area (Å²) in [5.41, 5.74) is 3.20. The van der Waals surface area contributed by atoms with Crippen molar-refractivity contribution in [1.29, 1.82) is 0 Å². The number of urea groups is 1. The molecule has 1 aromatic carbocycles. The van der Waals surface area contributed by atoms with Crippen LogP contribution < -0.4 is 10.1 Å². The number of pyridine rings is 1. The first-order valence-electron chi connectivity index (χ1n) is 12.9. The standard InChI is InChI=1S/C29H35N5O5/c1-18-15-34(19(2)17-35)28(36)24-13-23(12-11-22-9-7-6-8-10-22)14-30-27(24)38-25(18)16-33(5)29(37)31-26-20(3)32-39-21(26)4/h6-14,18-19,25,35H,15-17H2,1-5H3,(H,31,37)/t18-,19+,25+/m1/s1. The second-order valence-electron chi connectivity index (χ2n) is 10.00. The largest absolute Gasteiger partial charge is 0.472 e. The van der Waals surface area contributed by atoms with Gasteiger partial charge in [-0.1, -0.05) is 54.6 Å². The molecule has 39 heavy (non-hydrogen) atoms. The second-order valence-corrected chi connectivity index (χ2v) is 10.00. The molecule has 2 aromatic heterocycles. The lowest BCUT2D eigenvalue weighted by atomic mass is 10.00. The first-order chi connectivity index (χ1) is 18.7. The molecule has 3 heterocycles. The van der Waals surface area contributed by atoms with Gasteiger partial charge in [-0.25, -0.2) is 9.78 Å². The quantitative estimate of drug-likeness (QED) is 0.466. The summed E-state index contributed by atoms with van der Waals surface area (Å²) in [6, 6.07) is 10.8. The van der Waals surface area contributed by atoms with Crippen LogP contribution in [-0.4, -0.2) is 75.9 Å². The second kappa shape index (κ2) is 12.1. The van der Waals surface area contributed by atoms with Crippen LogP contribution in [0.5, 0.6) is 5.88 Å². The van der Waals surface area contributed by atoms with E-state index in [2.05, 4.69) is 15.5 Å². The van der Waals surface area contributed by atoms with Crippen molar-refractivity contribution in [3.8, 4) is 5.88 Å². The Bertz CT molecular complexity index is 1320. The minimum Gasteiger partial charge on any atom is -0.472 e. The molecule has 1 aliphatic heterocycles. The number of aliphatic hydroxyl groups is 1. The van der Waals surface area contributed by atoms with Crippen LogP contribution in [0.4, 0.5) is 10.5 Å². The molecule has 4 rings (SSSR count). The van der Waals surface area contributed by atoms with Crippen LogP contribution in [0.15, 0.2) is 47.1 Å². The van der Waals surface area contributed by atoms with Gasteiger partial charge in [0.15, 0.2) is 5.76 Å². The number of ether oxygens (including phenoxy) is 1. The number of benzene rings is 1. The minimum atomic E-state index is -0.469. The van der Waals surface area contributed by atoms with Crippen LogP contribution >= 0.6 is 0 Å². The molecule has 0 unspecified atom stereocenters. The van der Waals surface area contributed by atoms with Crippen LogP contribution in [0.3, 0.4) is 0 Å². The Labute approximate surface area is 228 Å². The number of rotatable bonds is 7. The number of aryl methyl sites for hydroxylation is 2. The lowest BCUT2D eigenvalue weighted by Crippen LogP contribution is -2.50. The van der Waals surface area contributed by atoms with Gasteiger partial charge in [0.2, 0.25) is 5.88 Å². The number of hydrogen-bond acceptors (Lipinski definition) is 7. The molecule has 3 aromatic rings. The highest BCUT2D eigenvalue weighted by atomic mass is 16.5. The summed E-state index contributed by atoms with van der Waals surface area (Å²) in [5, 5.41) is 16.6. The molecule has 206 valence electrons. The minimum absolute atomic E-state index is 0.162. The van der Waals surface area contributed by atoms with Crippen molar-refractivity contribution in [3.05, 3.63) is 70.7 Å². The monoisotopic (exact) mass is 533 g/mol. The number of fused-ring (bicyclic) bond motifs is 1. The molecule has 0 bridgehead atoms. The Balaban J connectivity index is 1.60. The average molecular weight is 534 g/mol. The molecule has 0 radical (unpaired) electrons. The van der Waals surface area contributed by atoms with Crippen molar-refractivity contribution >= 4 is 29.8 Å². The smallest absolute Gasteiger partial charge is 0.321 e. The number of hydrogen-bond donors (Lipinski definition) is 2. The SMILES string of the molecule is Cc1noc(C)c1NC(=O)N(C)C[C@@H]1Oc2ncc(C=Cc3ccccc3)cc2C(=O)N([C@@H](C)CO)C[C@H]1C. The van der Waals surface area contributed by atoms with Crippen LogP contribution in [-0.2, 0) is 0 Å². The number of anilines is 1. The van der Waals surface area contributed by atoms with E-state index in [0.717, 1.165) is 11.1 Å². The fraction of sp³-hybridized carbons (Fsp3) is 0.379. The van der Waals surface area contributed by atoms with Crippen LogP contribution in [0.25, 0.3) is 12.2 Å². The van der Waals surface area contributed by atoms with Gasteiger partial charge in [0.25, 0.3) is 5.91 Å². The van der Waals surface area contributed by atoms with E-state index in [1.165, 1.54) is 4.90 Å². The molecule has 0 saturated heterocycles. The summed E-state index contributed by atoms with van der Waals surface area (Å²) >= 11 is 0. The molecule has 3 amide bonds. The number of carbonyl (C=O) groups is 2. The fourth-order valence-electron chi connectivity index (χ4n) is 4.40. The highest BCUT2D eigenvalue weighted by Gasteiger charge is 2.34. The summed E-state index contributed by atoms with van der Waals surface area (Å²) in [4.78, 5) is 34.3. The lowest BCUT2D eigenvalue weighted by molar-refractivity contribution is 0.0356. The fourth-order valence-corrected chi connectivity index (χ4v) is 4.40. The van der Waals surface area contributed by atoms with Gasteiger partial charge >= 0.3 is 6.03 Å². The first kappa shape index (κ1) is 27.8. The maximum absolute atomic E-state index is 13.6. The van der Waals surface area contributed by atoms with Gasteiger partial charge in [-0.3, -0.25) is 4.79 Å². The number of likely N-dealkylation sites (N-methyl/N-ethyl adjacent to an activating group) is 1. The van der Waals surface area contributed by atoms with E-state index in [-0.39, 0.29) is 36.9 Å². The molecule has 0 fully saturated rings. The highest BCUT2D eigenvalue weighted by Crippen LogP contribution is 2.28. The van der Waals surface area contributed by atoms with Gasteiger partial charge in [-0.2, -0.15) is 0 Å². The molecule has 0 aliphatic carbocycles. The van der Waals surface area contributed by atoms with Crippen molar-refractivity contribution in [2.75, 3.05) is 32.1 Å². The number of aromatic nitrogens is 2. The zero-order valence-electron chi connectivity index (χ0n) is 22.9.